The van der Waals surface area contributed by atoms with Gasteiger partial charge in [0.2, 0.25) is 0 Å². The lowest BCUT2D eigenvalue weighted by atomic mass is 9.99. The number of hydrogen-bond acceptors (Lipinski definition) is 5. The number of para-hydroxylation sites is 3. The van der Waals surface area contributed by atoms with Gasteiger partial charge < -0.3 is 8.98 Å². The molecule has 0 fully saturated rings. The number of furan rings is 1. The van der Waals surface area contributed by atoms with Gasteiger partial charge in [-0.3, -0.25) is 4.57 Å². The fourth-order valence-electron chi connectivity index (χ4n) is 9.38. The Morgan fingerprint density at radius 3 is 1.60 bits per heavy atom. The van der Waals surface area contributed by atoms with Gasteiger partial charge in [-0.2, -0.15) is 0 Å². The van der Waals surface area contributed by atoms with Gasteiger partial charge in [-0.25, -0.2) is 19.9 Å². The van der Waals surface area contributed by atoms with E-state index in [2.05, 4.69) is 143 Å². The lowest BCUT2D eigenvalue weighted by molar-refractivity contribution is 0.669. The van der Waals surface area contributed by atoms with Crippen LogP contribution in [-0.2, 0) is 0 Å². The number of benzene rings is 9. The van der Waals surface area contributed by atoms with Gasteiger partial charge in [-0.1, -0.05) is 146 Å². The molecule has 0 aliphatic carbocycles. The lowest BCUT2D eigenvalue weighted by Crippen LogP contribution is -2.00. The minimum atomic E-state index is 0.587. The van der Waals surface area contributed by atoms with E-state index in [1.807, 2.05) is 84.9 Å². The summed E-state index contributed by atoms with van der Waals surface area (Å²) < 4.78 is 11.2. The summed E-state index contributed by atoms with van der Waals surface area (Å²) in [4.78, 5) is 20.3. The Hall–Kier alpha value is -8.94. The first-order valence-electron chi connectivity index (χ1n) is 21.7. The quantitative estimate of drug-likeness (QED) is 0.160. The Morgan fingerprint density at radius 1 is 0.323 bits per heavy atom. The summed E-state index contributed by atoms with van der Waals surface area (Å²) in [5.41, 5.74) is 13.9. The minimum Gasteiger partial charge on any atom is -0.456 e. The van der Waals surface area contributed by atoms with Crippen LogP contribution in [0.1, 0.15) is 0 Å². The van der Waals surface area contributed by atoms with E-state index in [0.29, 0.717) is 17.5 Å². The van der Waals surface area contributed by atoms with Gasteiger partial charge in [0.05, 0.1) is 22.1 Å². The van der Waals surface area contributed by atoms with Crippen LogP contribution in [0.25, 0.3) is 123 Å². The van der Waals surface area contributed by atoms with E-state index in [9.17, 15) is 0 Å². The molecule has 9 aromatic carbocycles. The fraction of sp³-hybridized carbons (Fsp3) is 0. The second-order valence-corrected chi connectivity index (χ2v) is 16.3. The Kier molecular flexibility index (Phi) is 8.39. The molecule has 0 bridgehead atoms. The molecular formula is C58H36N6O. The van der Waals surface area contributed by atoms with E-state index in [4.69, 9.17) is 24.4 Å². The third-order valence-electron chi connectivity index (χ3n) is 12.4. The number of imidazole rings is 1. The molecule has 7 nitrogen and oxygen atoms in total. The largest absolute Gasteiger partial charge is 0.456 e. The molecule has 4 heterocycles. The van der Waals surface area contributed by atoms with Crippen molar-refractivity contribution >= 4 is 54.8 Å². The normalized spacial score (nSPS) is 11.7. The average Bonchev–Trinajstić information content (AvgIpc) is 4.06. The molecule has 65 heavy (non-hydrogen) atoms. The molecule has 0 atom stereocenters. The predicted octanol–water partition coefficient (Wildman–Crippen LogP) is 14.5. The summed E-state index contributed by atoms with van der Waals surface area (Å²) >= 11 is 0. The maximum Gasteiger partial charge on any atom is 0.164 e. The van der Waals surface area contributed by atoms with Gasteiger partial charge in [0.25, 0.3) is 0 Å². The third-order valence-corrected chi connectivity index (χ3v) is 12.4. The van der Waals surface area contributed by atoms with E-state index in [1.54, 1.807) is 0 Å². The van der Waals surface area contributed by atoms with Crippen molar-refractivity contribution in [3.8, 4) is 68.1 Å². The van der Waals surface area contributed by atoms with E-state index in [-0.39, 0.29) is 0 Å². The molecule has 4 aromatic heterocycles. The van der Waals surface area contributed by atoms with Gasteiger partial charge in [-0.15, -0.1) is 0 Å². The molecule has 304 valence electrons. The van der Waals surface area contributed by atoms with E-state index < -0.39 is 0 Å². The van der Waals surface area contributed by atoms with Gasteiger partial charge in [0, 0.05) is 55.2 Å². The smallest absolute Gasteiger partial charge is 0.164 e. The number of hydrogen-bond donors (Lipinski definition) is 0. The van der Waals surface area contributed by atoms with Crippen molar-refractivity contribution in [2.75, 3.05) is 0 Å². The topological polar surface area (TPSA) is 74.6 Å². The minimum absolute atomic E-state index is 0.587. The molecule has 13 aromatic rings. The first-order chi connectivity index (χ1) is 32.2. The number of nitrogens with zero attached hydrogens (tertiary/aromatic N) is 6. The predicted molar refractivity (Wildman–Crippen MR) is 263 cm³/mol. The van der Waals surface area contributed by atoms with Crippen molar-refractivity contribution in [2.24, 2.45) is 0 Å². The maximum absolute atomic E-state index is 6.55. The summed E-state index contributed by atoms with van der Waals surface area (Å²) in [5, 5.41) is 4.25. The first-order valence-corrected chi connectivity index (χ1v) is 21.7. The van der Waals surface area contributed by atoms with Crippen molar-refractivity contribution in [2.45, 2.75) is 0 Å². The Balaban J connectivity index is 1.00. The standard InChI is InChI=1S/C58H36N6O/c1-5-16-37(17-6-1)55-60-56(38-18-7-2-8-19-38)62-57(61-55)44-24-15-27-53-54(44)47-35-41(29-33-52(47)65-53)40-28-31-49-45(34-40)46-36-43(30-32-50(46)63(49)42-22-11-4-12-23-42)64-51-26-14-13-25-48(51)59-58(64)39-20-9-3-10-21-39/h1-36H. The molecule has 0 spiro atoms. The van der Waals surface area contributed by atoms with Crippen molar-refractivity contribution in [3.05, 3.63) is 218 Å². The zero-order valence-electron chi connectivity index (χ0n) is 34.9. The van der Waals surface area contributed by atoms with Crippen LogP contribution in [0.2, 0.25) is 0 Å². The molecule has 0 N–H and O–H groups in total. The summed E-state index contributed by atoms with van der Waals surface area (Å²) in [6.07, 6.45) is 0. The second kappa shape index (κ2) is 14.9. The molecule has 7 heteroatoms. The van der Waals surface area contributed by atoms with Crippen molar-refractivity contribution in [1.82, 2.24) is 29.1 Å². The van der Waals surface area contributed by atoms with Crippen LogP contribution >= 0.6 is 0 Å². The highest BCUT2D eigenvalue weighted by molar-refractivity contribution is 6.14. The van der Waals surface area contributed by atoms with Gasteiger partial charge in [0.15, 0.2) is 17.5 Å². The second-order valence-electron chi connectivity index (χ2n) is 16.3. The van der Waals surface area contributed by atoms with E-state index in [1.165, 1.54) is 0 Å². The summed E-state index contributed by atoms with van der Waals surface area (Å²) in [6.45, 7) is 0. The van der Waals surface area contributed by atoms with Gasteiger partial charge >= 0.3 is 0 Å². The van der Waals surface area contributed by atoms with Crippen LogP contribution in [0.3, 0.4) is 0 Å². The molecule has 0 aliphatic rings. The molecule has 0 unspecified atom stereocenters. The third kappa shape index (κ3) is 6.13. The van der Waals surface area contributed by atoms with Crippen LogP contribution < -0.4 is 0 Å². The zero-order chi connectivity index (χ0) is 42.8. The van der Waals surface area contributed by atoms with Crippen LogP contribution in [0.5, 0.6) is 0 Å². The SMILES string of the molecule is c1ccc(-c2nc(-c3ccccc3)nc(-c3cccc4oc5ccc(-c6ccc7c(c6)c6cc(-n8c(-c9ccccc9)nc9ccccc98)ccc6n7-c6ccccc6)cc5c34)n2)cc1. The average molecular weight is 833 g/mol. The Bertz CT molecular complexity index is 3870. The maximum atomic E-state index is 6.55. The van der Waals surface area contributed by atoms with E-state index in [0.717, 1.165) is 105 Å². The molecule has 0 aliphatic heterocycles. The molecule has 0 amide bonds. The van der Waals surface area contributed by atoms with Crippen molar-refractivity contribution in [1.29, 1.82) is 0 Å². The Labute approximate surface area is 373 Å². The van der Waals surface area contributed by atoms with Crippen LogP contribution in [-0.4, -0.2) is 29.1 Å². The highest BCUT2D eigenvalue weighted by Gasteiger charge is 2.21. The van der Waals surface area contributed by atoms with Crippen LogP contribution in [0, 0.1) is 0 Å². The summed E-state index contributed by atoms with van der Waals surface area (Å²) in [6, 6.07) is 75.7. The number of fused-ring (bicyclic) bond motifs is 7. The molecular weight excluding hydrogens is 797 g/mol. The zero-order valence-corrected chi connectivity index (χ0v) is 34.9. The molecule has 13 rings (SSSR count). The monoisotopic (exact) mass is 832 g/mol. The first kappa shape index (κ1) is 36.7. The lowest BCUT2D eigenvalue weighted by Gasteiger charge is -2.11. The molecule has 0 saturated carbocycles. The molecule has 0 radical (unpaired) electrons. The molecule has 0 saturated heterocycles. The van der Waals surface area contributed by atoms with Crippen LogP contribution in [0.15, 0.2) is 223 Å². The van der Waals surface area contributed by atoms with Crippen molar-refractivity contribution < 1.29 is 4.42 Å². The van der Waals surface area contributed by atoms with Gasteiger partial charge in [0.1, 0.15) is 17.0 Å². The highest BCUT2D eigenvalue weighted by atomic mass is 16.3. The summed E-state index contributed by atoms with van der Waals surface area (Å²) in [7, 11) is 0. The van der Waals surface area contributed by atoms with Crippen molar-refractivity contribution in [3.63, 3.8) is 0 Å². The fourth-order valence-corrected chi connectivity index (χ4v) is 9.38. The van der Waals surface area contributed by atoms with Gasteiger partial charge in [-0.05, 0) is 83.9 Å². The van der Waals surface area contributed by atoms with E-state index >= 15 is 0 Å². The number of rotatable bonds is 7. The highest BCUT2D eigenvalue weighted by Crippen LogP contribution is 2.41. The van der Waals surface area contributed by atoms with Crippen LogP contribution in [0.4, 0.5) is 0 Å². The summed E-state index contributed by atoms with van der Waals surface area (Å²) in [5.74, 6) is 2.72. The Morgan fingerprint density at radius 2 is 0.892 bits per heavy atom. The number of aromatic nitrogens is 6.